The predicted molar refractivity (Wildman–Crippen MR) is 62.6 cm³/mol. The van der Waals surface area contributed by atoms with E-state index in [1.807, 2.05) is 18.2 Å². The molecule has 2 aromatic heterocycles. The summed E-state index contributed by atoms with van der Waals surface area (Å²) in [5.74, 6) is 0. The Morgan fingerprint density at radius 3 is 2.69 bits per heavy atom. The Morgan fingerprint density at radius 2 is 1.94 bits per heavy atom. The summed E-state index contributed by atoms with van der Waals surface area (Å²) in [6, 6.07) is 5.88. The Bertz CT molecular complexity index is 442. The molecule has 0 radical (unpaired) electrons. The molecule has 82 valence electrons. The number of hydrogen-bond donors (Lipinski definition) is 1. The molecule has 0 aliphatic heterocycles. The largest absolute Gasteiger partial charge is 0.330 e. The average Bonchev–Trinajstić information content (AvgIpc) is 2.38. The zero-order chi connectivity index (χ0) is 11.2. The maximum absolute atomic E-state index is 5.47. The fraction of sp³-hybridized carbons (Fsp3) is 0.250. The molecule has 16 heavy (non-hydrogen) atoms. The van der Waals surface area contributed by atoms with Crippen LogP contribution in [-0.4, -0.2) is 21.5 Å². The van der Waals surface area contributed by atoms with Crippen LogP contribution >= 0.6 is 0 Å². The van der Waals surface area contributed by atoms with Crippen molar-refractivity contribution < 1.29 is 0 Å². The van der Waals surface area contributed by atoms with Gasteiger partial charge in [-0.3, -0.25) is 4.98 Å². The average molecular weight is 214 g/mol. The quantitative estimate of drug-likeness (QED) is 0.836. The normalized spacial score (nSPS) is 10.3. The lowest BCUT2D eigenvalue weighted by molar-refractivity contribution is 0.806. The van der Waals surface area contributed by atoms with Gasteiger partial charge in [-0.15, -0.1) is 0 Å². The highest BCUT2D eigenvalue weighted by Crippen LogP contribution is 2.15. The third kappa shape index (κ3) is 2.61. The van der Waals surface area contributed by atoms with Crippen LogP contribution in [0.15, 0.2) is 36.9 Å². The van der Waals surface area contributed by atoms with E-state index < -0.39 is 0 Å². The monoisotopic (exact) mass is 214 g/mol. The van der Waals surface area contributed by atoms with Crippen molar-refractivity contribution in [2.45, 2.75) is 12.8 Å². The van der Waals surface area contributed by atoms with Gasteiger partial charge >= 0.3 is 0 Å². The summed E-state index contributed by atoms with van der Waals surface area (Å²) < 4.78 is 0. The molecule has 2 aromatic rings. The van der Waals surface area contributed by atoms with Gasteiger partial charge in [-0.25, -0.2) is 9.97 Å². The summed E-state index contributed by atoms with van der Waals surface area (Å²) in [5.41, 5.74) is 8.50. The van der Waals surface area contributed by atoms with Crippen LogP contribution < -0.4 is 5.73 Å². The third-order valence-corrected chi connectivity index (χ3v) is 2.34. The Kier molecular flexibility index (Phi) is 3.56. The molecule has 0 spiro atoms. The number of hydrogen-bond acceptors (Lipinski definition) is 4. The van der Waals surface area contributed by atoms with Crippen molar-refractivity contribution in [3.8, 4) is 11.3 Å². The molecular formula is C12H14N4. The molecule has 0 fully saturated rings. The van der Waals surface area contributed by atoms with Crippen molar-refractivity contribution in [1.82, 2.24) is 15.0 Å². The zero-order valence-corrected chi connectivity index (χ0v) is 9.00. The van der Waals surface area contributed by atoms with Crippen LogP contribution in [0.2, 0.25) is 0 Å². The smallest absolute Gasteiger partial charge is 0.116 e. The topological polar surface area (TPSA) is 64.7 Å². The first-order valence-electron chi connectivity index (χ1n) is 5.31. The number of aromatic nitrogens is 3. The Morgan fingerprint density at radius 1 is 1.12 bits per heavy atom. The second kappa shape index (κ2) is 5.32. The van der Waals surface area contributed by atoms with E-state index in [-0.39, 0.29) is 0 Å². The SMILES string of the molecule is NCCCc1cc(-c2ccncc2)ncn1. The number of aryl methyl sites for hydroxylation is 1. The number of nitrogens with zero attached hydrogens (tertiary/aromatic N) is 3. The van der Waals surface area contributed by atoms with Gasteiger partial charge in [-0.05, 0) is 37.6 Å². The van der Waals surface area contributed by atoms with Gasteiger partial charge in [-0.1, -0.05) is 0 Å². The number of nitrogens with two attached hydrogens (primary N) is 1. The molecule has 0 amide bonds. The lowest BCUT2D eigenvalue weighted by Crippen LogP contribution is -2.02. The second-order valence-electron chi connectivity index (χ2n) is 3.52. The molecule has 0 aliphatic carbocycles. The molecular weight excluding hydrogens is 200 g/mol. The number of pyridine rings is 1. The van der Waals surface area contributed by atoms with Crippen LogP contribution in [0, 0.1) is 0 Å². The van der Waals surface area contributed by atoms with Gasteiger partial charge in [0.2, 0.25) is 0 Å². The van der Waals surface area contributed by atoms with Crippen molar-refractivity contribution in [2.75, 3.05) is 6.54 Å². The molecule has 0 aromatic carbocycles. The lowest BCUT2D eigenvalue weighted by Gasteiger charge is -2.02. The fourth-order valence-corrected chi connectivity index (χ4v) is 1.50. The molecule has 0 bridgehead atoms. The summed E-state index contributed by atoms with van der Waals surface area (Å²) in [4.78, 5) is 12.5. The van der Waals surface area contributed by atoms with Gasteiger partial charge in [0.15, 0.2) is 0 Å². The minimum Gasteiger partial charge on any atom is -0.330 e. The third-order valence-electron chi connectivity index (χ3n) is 2.34. The Labute approximate surface area is 94.6 Å². The van der Waals surface area contributed by atoms with Crippen molar-refractivity contribution >= 4 is 0 Å². The molecule has 2 N–H and O–H groups in total. The van der Waals surface area contributed by atoms with E-state index >= 15 is 0 Å². The first-order chi connectivity index (χ1) is 7.90. The van der Waals surface area contributed by atoms with Crippen molar-refractivity contribution in [1.29, 1.82) is 0 Å². The van der Waals surface area contributed by atoms with Crippen molar-refractivity contribution in [3.63, 3.8) is 0 Å². The van der Waals surface area contributed by atoms with Gasteiger partial charge < -0.3 is 5.73 Å². The maximum atomic E-state index is 5.47. The van der Waals surface area contributed by atoms with E-state index in [0.29, 0.717) is 6.54 Å². The molecule has 4 heteroatoms. The van der Waals surface area contributed by atoms with Crippen molar-refractivity contribution in [2.24, 2.45) is 5.73 Å². The molecule has 0 aliphatic rings. The summed E-state index contributed by atoms with van der Waals surface area (Å²) in [7, 11) is 0. The van der Waals surface area contributed by atoms with E-state index in [4.69, 9.17) is 5.73 Å². The molecule has 2 heterocycles. The lowest BCUT2D eigenvalue weighted by atomic mass is 10.1. The molecule has 2 rings (SSSR count). The minimum absolute atomic E-state index is 0.689. The van der Waals surface area contributed by atoms with Crippen LogP contribution in [0.3, 0.4) is 0 Å². The predicted octanol–water partition coefficient (Wildman–Crippen LogP) is 1.43. The summed E-state index contributed by atoms with van der Waals surface area (Å²) in [6.07, 6.45) is 6.97. The molecule has 0 saturated heterocycles. The van der Waals surface area contributed by atoms with Crippen LogP contribution in [0.25, 0.3) is 11.3 Å². The van der Waals surface area contributed by atoms with Crippen LogP contribution in [0.5, 0.6) is 0 Å². The fourth-order valence-electron chi connectivity index (χ4n) is 1.50. The van der Waals surface area contributed by atoms with Gasteiger partial charge in [0.1, 0.15) is 6.33 Å². The van der Waals surface area contributed by atoms with E-state index in [0.717, 1.165) is 29.8 Å². The van der Waals surface area contributed by atoms with E-state index in [1.54, 1.807) is 18.7 Å². The molecule has 0 atom stereocenters. The maximum Gasteiger partial charge on any atom is 0.116 e. The first kappa shape index (κ1) is 10.7. The number of rotatable bonds is 4. The summed E-state index contributed by atoms with van der Waals surface area (Å²) in [5, 5.41) is 0. The zero-order valence-electron chi connectivity index (χ0n) is 9.00. The van der Waals surface area contributed by atoms with Gasteiger partial charge in [-0.2, -0.15) is 0 Å². The summed E-state index contributed by atoms with van der Waals surface area (Å²) >= 11 is 0. The highest BCUT2D eigenvalue weighted by atomic mass is 14.8. The van der Waals surface area contributed by atoms with E-state index in [9.17, 15) is 0 Å². The van der Waals surface area contributed by atoms with Crippen LogP contribution in [-0.2, 0) is 6.42 Å². The molecule has 0 saturated carbocycles. The van der Waals surface area contributed by atoms with Gasteiger partial charge in [0.05, 0.1) is 5.69 Å². The van der Waals surface area contributed by atoms with Gasteiger partial charge in [0, 0.05) is 23.7 Å². The molecule has 4 nitrogen and oxygen atoms in total. The minimum atomic E-state index is 0.689. The standard InChI is InChI=1S/C12H14N4/c13-5-1-2-11-8-12(16-9-15-11)10-3-6-14-7-4-10/h3-4,6-9H,1-2,5,13H2. The first-order valence-corrected chi connectivity index (χ1v) is 5.31. The Hall–Kier alpha value is -1.81. The summed E-state index contributed by atoms with van der Waals surface area (Å²) in [6.45, 7) is 0.689. The highest BCUT2D eigenvalue weighted by Gasteiger charge is 2.01. The molecule has 0 unspecified atom stereocenters. The second-order valence-corrected chi connectivity index (χ2v) is 3.52. The Balaban J connectivity index is 2.22. The van der Waals surface area contributed by atoms with Crippen molar-refractivity contribution in [3.05, 3.63) is 42.6 Å². The highest BCUT2D eigenvalue weighted by molar-refractivity contribution is 5.57. The van der Waals surface area contributed by atoms with E-state index in [2.05, 4.69) is 15.0 Å². The van der Waals surface area contributed by atoms with Crippen LogP contribution in [0.4, 0.5) is 0 Å². The van der Waals surface area contributed by atoms with E-state index in [1.165, 1.54) is 0 Å². The van der Waals surface area contributed by atoms with Gasteiger partial charge in [0.25, 0.3) is 0 Å². The van der Waals surface area contributed by atoms with Crippen LogP contribution in [0.1, 0.15) is 12.1 Å².